The molecular formula is C19H20ClN5. The van der Waals surface area contributed by atoms with Crippen molar-refractivity contribution in [1.82, 2.24) is 15.3 Å². The van der Waals surface area contributed by atoms with Gasteiger partial charge in [0, 0.05) is 10.6 Å². The summed E-state index contributed by atoms with van der Waals surface area (Å²) in [7, 11) is 0. The van der Waals surface area contributed by atoms with Crippen LogP contribution in [0.5, 0.6) is 0 Å². The van der Waals surface area contributed by atoms with E-state index in [1.807, 2.05) is 24.3 Å². The normalized spacial score (nSPS) is 18.1. The van der Waals surface area contributed by atoms with Crippen LogP contribution in [-0.4, -0.2) is 29.1 Å². The zero-order valence-corrected chi connectivity index (χ0v) is 14.6. The van der Waals surface area contributed by atoms with E-state index in [0.29, 0.717) is 6.04 Å². The van der Waals surface area contributed by atoms with Crippen LogP contribution in [0.1, 0.15) is 18.4 Å². The zero-order chi connectivity index (χ0) is 16.8. The number of imidazole rings is 1. The van der Waals surface area contributed by atoms with Crippen molar-refractivity contribution in [3.8, 4) is 0 Å². The number of piperidine rings is 1. The van der Waals surface area contributed by atoms with Gasteiger partial charge in [0.15, 0.2) is 0 Å². The lowest BCUT2D eigenvalue weighted by molar-refractivity contribution is 0.425. The number of nitrogens with one attached hydrogen (secondary N) is 2. The van der Waals surface area contributed by atoms with E-state index in [1.54, 1.807) is 0 Å². The molecule has 0 atom stereocenters. The molecule has 5 rings (SSSR count). The van der Waals surface area contributed by atoms with Gasteiger partial charge in [-0.15, -0.1) is 0 Å². The van der Waals surface area contributed by atoms with Crippen LogP contribution in [-0.2, 0) is 6.54 Å². The van der Waals surface area contributed by atoms with Crippen LogP contribution in [0.3, 0.4) is 0 Å². The lowest BCUT2D eigenvalue weighted by atomic mass is 10.1. The van der Waals surface area contributed by atoms with Crippen molar-refractivity contribution in [2.24, 2.45) is 0 Å². The first kappa shape index (κ1) is 15.0. The van der Waals surface area contributed by atoms with Gasteiger partial charge in [-0.3, -0.25) is 5.01 Å². The maximum absolute atomic E-state index is 6.24. The minimum Gasteiger partial charge on any atom is -0.323 e. The van der Waals surface area contributed by atoms with Gasteiger partial charge >= 0.3 is 0 Å². The summed E-state index contributed by atoms with van der Waals surface area (Å²) in [6.45, 7) is 2.90. The van der Waals surface area contributed by atoms with Gasteiger partial charge in [-0.2, -0.15) is 0 Å². The molecule has 0 bridgehead atoms. The fourth-order valence-corrected chi connectivity index (χ4v) is 4.15. The van der Waals surface area contributed by atoms with Crippen molar-refractivity contribution in [2.75, 3.05) is 23.1 Å². The van der Waals surface area contributed by atoms with Crippen molar-refractivity contribution in [1.29, 1.82) is 0 Å². The Hall–Kier alpha value is -2.24. The van der Waals surface area contributed by atoms with Crippen molar-refractivity contribution in [3.63, 3.8) is 0 Å². The highest BCUT2D eigenvalue weighted by molar-refractivity contribution is 6.30. The Bertz CT molecular complexity index is 882. The average Bonchev–Trinajstić information content (AvgIpc) is 3.23. The van der Waals surface area contributed by atoms with Crippen LogP contribution in [0, 0.1) is 0 Å². The van der Waals surface area contributed by atoms with Gasteiger partial charge in [0.2, 0.25) is 5.95 Å². The molecule has 128 valence electrons. The molecule has 2 aliphatic rings. The number of hydrazine groups is 1. The first-order valence-corrected chi connectivity index (χ1v) is 9.18. The SMILES string of the molecule is Clc1ccc2c(c1)CN(c1nc3ccccc3[nH]1)N2C1CCNCC1. The van der Waals surface area contributed by atoms with E-state index in [2.05, 4.69) is 38.5 Å². The van der Waals surface area contributed by atoms with Crippen molar-refractivity contribution < 1.29 is 0 Å². The zero-order valence-electron chi connectivity index (χ0n) is 13.9. The summed E-state index contributed by atoms with van der Waals surface area (Å²) < 4.78 is 0. The van der Waals surface area contributed by atoms with E-state index >= 15 is 0 Å². The number of hydrogen-bond donors (Lipinski definition) is 2. The molecule has 1 aromatic heterocycles. The van der Waals surface area contributed by atoms with Crippen LogP contribution < -0.4 is 15.3 Å². The standard InChI is InChI=1S/C19H20ClN5/c20-14-5-6-18-13(11-14)12-24(25(18)15-7-9-21-10-8-15)19-22-16-3-1-2-4-17(16)23-19/h1-6,11,15,21H,7-10,12H2,(H,22,23). The second kappa shape index (κ2) is 5.93. The Labute approximate surface area is 151 Å². The highest BCUT2D eigenvalue weighted by Crippen LogP contribution is 2.38. The molecule has 2 N–H and O–H groups in total. The van der Waals surface area contributed by atoms with E-state index < -0.39 is 0 Å². The molecule has 0 aliphatic carbocycles. The Balaban J connectivity index is 1.59. The van der Waals surface area contributed by atoms with Crippen molar-refractivity contribution >= 4 is 34.3 Å². The fraction of sp³-hybridized carbons (Fsp3) is 0.316. The third-order valence-electron chi connectivity index (χ3n) is 5.14. The molecule has 3 heterocycles. The second-order valence-corrected chi connectivity index (χ2v) is 7.17. The van der Waals surface area contributed by atoms with E-state index in [1.165, 1.54) is 11.3 Å². The summed E-state index contributed by atoms with van der Waals surface area (Å²) in [5.41, 5.74) is 4.57. The Morgan fingerprint density at radius 2 is 1.92 bits per heavy atom. The maximum atomic E-state index is 6.24. The number of anilines is 2. The molecule has 0 radical (unpaired) electrons. The number of hydrogen-bond acceptors (Lipinski definition) is 4. The van der Waals surface area contributed by atoms with Crippen molar-refractivity contribution in [2.45, 2.75) is 25.4 Å². The molecule has 5 nitrogen and oxygen atoms in total. The summed E-state index contributed by atoms with van der Waals surface area (Å²) in [4.78, 5) is 8.31. The molecular weight excluding hydrogens is 334 g/mol. The van der Waals surface area contributed by atoms with Crippen LogP contribution in [0.25, 0.3) is 11.0 Å². The molecule has 2 aliphatic heterocycles. The molecule has 25 heavy (non-hydrogen) atoms. The van der Waals surface area contributed by atoms with Gasteiger partial charge in [0.05, 0.1) is 29.3 Å². The highest BCUT2D eigenvalue weighted by atomic mass is 35.5. The summed E-state index contributed by atoms with van der Waals surface area (Å²) in [6.07, 6.45) is 2.25. The van der Waals surface area contributed by atoms with Crippen LogP contribution in [0.15, 0.2) is 42.5 Å². The number of H-pyrrole nitrogens is 1. The molecule has 0 amide bonds. The largest absolute Gasteiger partial charge is 0.323 e. The molecule has 0 spiro atoms. The summed E-state index contributed by atoms with van der Waals surface area (Å²) in [6, 6.07) is 14.8. The third-order valence-corrected chi connectivity index (χ3v) is 5.38. The summed E-state index contributed by atoms with van der Waals surface area (Å²) in [5.74, 6) is 0.895. The van der Waals surface area contributed by atoms with Gasteiger partial charge in [0.1, 0.15) is 0 Å². The lowest BCUT2D eigenvalue weighted by Crippen LogP contribution is -2.50. The Kier molecular flexibility index (Phi) is 3.57. The number of nitrogens with zero attached hydrogens (tertiary/aromatic N) is 3. The first-order valence-electron chi connectivity index (χ1n) is 8.80. The molecule has 2 aromatic carbocycles. The van der Waals surface area contributed by atoms with E-state index in [-0.39, 0.29) is 0 Å². The van der Waals surface area contributed by atoms with E-state index in [4.69, 9.17) is 16.6 Å². The predicted molar refractivity (Wildman–Crippen MR) is 102 cm³/mol. The molecule has 3 aromatic rings. The number of aromatic nitrogens is 2. The first-order chi connectivity index (χ1) is 12.3. The number of para-hydroxylation sites is 2. The molecule has 1 fully saturated rings. The number of halogens is 1. The lowest BCUT2D eigenvalue weighted by Gasteiger charge is -2.39. The fourth-order valence-electron chi connectivity index (χ4n) is 3.96. The number of rotatable bonds is 2. The molecule has 0 saturated carbocycles. The van der Waals surface area contributed by atoms with Gasteiger partial charge in [-0.1, -0.05) is 23.7 Å². The quantitative estimate of drug-likeness (QED) is 0.737. The van der Waals surface area contributed by atoms with Crippen LogP contribution in [0.2, 0.25) is 5.02 Å². The number of benzene rings is 2. The number of fused-ring (bicyclic) bond motifs is 2. The van der Waals surface area contributed by atoms with E-state index in [0.717, 1.165) is 54.5 Å². The predicted octanol–water partition coefficient (Wildman–Crippen LogP) is 3.71. The number of aromatic amines is 1. The Morgan fingerprint density at radius 3 is 2.76 bits per heavy atom. The van der Waals surface area contributed by atoms with Gasteiger partial charge in [-0.05, 0) is 56.3 Å². The van der Waals surface area contributed by atoms with Gasteiger partial charge < -0.3 is 10.3 Å². The summed E-state index contributed by atoms with van der Waals surface area (Å²) >= 11 is 6.24. The van der Waals surface area contributed by atoms with E-state index in [9.17, 15) is 0 Å². The van der Waals surface area contributed by atoms with Gasteiger partial charge in [0.25, 0.3) is 0 Å². The monoisotopic (exact) mass is 353 g/mol. The minimum atomic E-state index is 0.469. The van der Waals surface area contributed by atoms with Crippen molar-refractivity contribution in [3.05, 3.63) is 53.1 Å². The van der Waals surface area contributed by atoms with Crippen LogP contribution >= 0.6 is 11.6 Å². The minimum absolute atomic E-state index is 0.469. The molecule has 1 saturated heterocycles. The third kappa shape index (κ3) is 2.55. The smallest absolute Gasteiger partial charge is 0.223 e. The Morgan fingerprint density at radius 1 is 1.08 bits per heavy atom. The van der Waals surface area contributed by atoms with Gasteiger partial charge in [-0.25, -0.2) is 9.99 Å². The highest BCUT2D eigenvalue weighted by Gasteiger charge is 2.35. The second-order valence-electron chi connectivity index (χ2n) is 6.73. The molecule has 0 unspecified atom stereocenters. The average molecular weight is 354 g/mol. The van der Waals surface area contributed by atoms with Crippen LogP contribution in [0.4, 0.5) is 11.6 Å². The summed E-state index contributed by atoms with van der Waals surface area (Å²) in [5, 5.41) is 8.94. The topological polar surface area (TPSA) is 47.2 Å². The molecule has 6 heteroatoms. The maximum Gasteiger partial charge on any atom is 0.223 e.